The molecule has 0 spiro atoms. The summed E-state index contributed by atoms with van der Waals surface area (Å²) in [6, 6.07) is 0. The molecule has 1 aliphatic rings. The Morgan fingerprint density at radius 3 is 2.75 bits per heavy atom. The van der Waals surface area contributed by atoms with Crippen molar-refractivity contribution in [2.45, 2.75) is 44.4 Å². The monoisotopic (exact) mass is 299 g/mol. The molecule has 1 aliphatic heterocycles. The summed E-state index contributed by atoms with van der Waals surface area (Å²) in [5.41, 5.74) is -0.0831. The molecule has 6 nitrogen and oxygen atoms in total. The standard InChI is InChI=1S/C13H25N5OS/c1-10-9-17(5-7-19-10)6-8-20-12-16-15-11(18(12)14)13(2,3)4/h10H,5-9,14H2,1-4H3/t10-/m0/s1. The van der Waals surface area contributed by atoms with Crippen LogP contribution in [0.15, 0.2) is 5.16 Å². The molecule has 0 aliphatic carbocycles. The molecule has 0 bridgehead atoms. The van der Waals surface area contributed by atoms with Crippen molar-refractivity contribution in [3.05, 3.63) is 5.82 Å². The van der Waals surface area contributed by atoms with Crippen LogP contribution in [-0.4, -0.2) is 57.9 Å². The van der Waals surface area contributed by atoms with Crippen LogP contribution >= 0.6 is 11.8 Å². The average Bonchev–Trinajstić information content (AvgIpc) is 2.71. The van der Waals surface area contributed by atoms with Crippen LogP contribution in [0.1, 0.15) is 33.5 Å². The predicted octanol–water partition coefficient (Wildman–Crippen LogP) is 1.10. The second-order valence-electron chi connectivity index (χ2n) is 6.26. The van der Waals surface area contributed by atoms with Crippen LogP contribution in [0.3, 0.4) is 0 Å². The summed E-state index contributed by atoms with van der Waals surface area (Å²) in [5.74, 6) is 7.85. The summed E-state index contributed by atoms with van der Waals surface area (Å²) in [4.78, 5) is 2.42. The highest BCUT2D eigenvalue weighted by molar-refractivity contribution is 7.99. The van der Waals surface area contributed by atoms with E-state index in [9.17, 15) is 0 Å². The average molecular weight is 299 g/mol. The van der Waals surface area contributed by atoms with Gasteiger partial charge in [-0.2, -0.15) is 0 Å². The van der Waals surface area contributed by atoms with Gasteiger partial charge in [-0.1, -0.05) is 32.5 Å². The van der Waals surface area contributed by atoms with Crippen molar-refractivity contribution >= 4 is 11.8 Å². The first kappa shape index (κ1) is 15.6. The third-order valence-corrected chi connectivity index (χ3v) is 4.22. The number of morpholine rings is 1. The molecule has 0 amide bonds. The number of rotatable bonds is 4. The molecule has 2 rings (SSSR count). The fraction of sp³-hybridized carbons (Fsp3) is 0.846. The van der Waals surface area contributed by atoms with Gasteiger partial charge in [-0.3, -0.25) is 4.90 Å². The lowest BCUT2D eigenvalue weighted by Crippen LogP contribution is -2.42. The molecule has 20 heavy (non-hydrogen) atoms. The molecular weight excluding hydrogens is 274 g/mol. The summed E-state index contributed by atoms with van der Waals surface area (Å²) >= 11 is 1.66. The largest absolute Gasteiger partial charge is 0.376 e. The summed E-state index contributed by atoms with van der Waals surface area (Å²) < 4.78 is 7.16. The SMILES string of the molecule is C[C@H]1CN(CCSc2nnc(C(C)(C)C)n2N)CCO1. The molecule has 0 saturated carbocycles. The Kier molecular flexibility index (Phi) is 4.93. The molecule has 0 radical (unpaired) electrons. The van der Waals surface area contributed by atoms with Crippen molar-refractivity contribution in [1.82, 2.24) is 19.8 Å². The van der Waals surface area contributed by atoms with Crippen LogP contribution in [0.2, 0.25) is 0 Å². The minimum atomic E-state index is -0.0831. The zero-order valence-electron chi connectivity index (χ0n) is 12.8. The summed E-state index contributed by atoms with van der Waals surface area (Å²) in [6.45, 7) is 12.2. The van der Waals surface area contributed by atoms with Crippen molar-refractivity contribution in [2.24, 2.45) is 0 Å². The second kappa shape index (κ2) is 6.32. The molecule has 1 atom stereocenters. The van der Waals surface area contributed by atoms with Gasteiger partial charge in [0.25, 0.3) is 0 Å². The molecule has 1 saturated heterocycles. The Morgan fingerprint density at radius 1 is 1.40 bits per heavy atom. The van der Waals surface area contributed by atoms with E-state index in [2.05, 4.69) is 42.8 Å². The first-order valence-corrected chi connectivity index (χ1v) is 8.04. The van der Waals surface area contributed by atoms with Gasteiger partial charge in [0.2, 0.25) is 5.16 Å². The molecule has 1 aromatic heterocycles. The van der Waals surface area contributed by atoms with Crippen molar-refractivity contribution in [3.63, 3.8) is 0 Å². The molecule has 2 heterocycles. The van der Waals surface area contributed by atoms with E-state index in [0.717, 1.165) is 43.0 Å². The maximum absolute atomic E-state index is 6.07. The first-order chi connectivity index (χ1) is 9.38. The molecule has 1 fully saturated rings. The van der Waals surface area contributed by atoms with Gasteiger partial charge in [0.15, 0.2) is 5.82 Å². The topological polar surface area (TPSA) is 69.2 Å². The fourth-order valence-corrected chi connectivity index (χ4v) is 3.10. The zero-order chi connectivity index (χ0) is 14.8. The number of nitrogens with zero attached hydrogens (tertiary/aromatic N) is 4. The van der Waals surface area contributed by atoms with E-state index >= 15 is 0 Å². The molecule has 2 N–H and O–H groups in total. The Balaban J connectivity index is 1.84. The van der Waals surface area contributed by atoms with E-state index < -0.39 is 0 Å². The number of hydrogen-bond acceptors (Lipinski definition) is 6. The van der Waals surface area contributed by atoms with Gasteiger partial charge in [-0.25, -0.2) is 4.68 Å². The zero-order valence-corrected chi connectivity index (χ0v) is 13.6. The van der Waals surface area contributed by atoms with Crippen LogP contribution in [0.25, 0.3) is 0 Å². The highest BCUT2D eigenvalue weighted by Gasteiger charge is 2.23. The van der Waals surface area contributed by atoms with E-state index in [4.69, 9.17) is 10.6 Å². The molecular formula is C13H25N5OS. The van der Waals surface area contributed by atoms with Crippen molar-refractivity contribution in [1.29, 1.82) is 0 Å². The maximum Gasteiger partial charge on any atom is 0.209 e. The van der Waals surface area contributed by atoms with Crippen LogP contribution < -0.4 is 5.84 Å². The maximum atomic E-state index is 6.07. The molecule has 114 valence electrons. The van der Waals surface area contributed by atoms with Gasteiger partial charge < -0.3 is 10.6 Å². The number of hydrogen-bond donors (Lipinski definition) is 1. The fourth-order valence-electron chi connectivity index (χ4n) is 2.25. The van der Waals surface area contributed by atoms with Crippen LogP contribution in [-0.2, 0) is 10.2 Å². The lowest BCUT2D eigenvalue weighted by molar-refractivity contribution is -0.0158. The van der Waals surface area contributed by atoms with E-state index in [0.29, 0.717) is 6.10 Å². The number of aromatic nitrogens is 3. The number of nitrogens with two attached hydrogens (primary N) is 1. The molecule has 0 aromatic carbocycles. The molecule has 1 aromatic rings. The second-order valence-corrected chi connectivity index (χ2v) is 7.32. The Labute approximate surface area is 125 Å². The van der Waals surface area contributed by atoms with Gasteiger partial charge in [0.05, 0.1) is 12.7 Å². The summed E-state index contributed by atoms with van der Waals surface area (Å²) in [7, 11) is 0. The Hall–Kier alpha value is -0.790. The van der Waals surface area contributed by atoms with Gasteiger partial charge in [0, 0.05) is 30.8 Å². The molecule has 0 unspecified atom stereocenters. The van der Waals surface area contributed by atoms with Gasteiger partial charge in [0.1, 0.15) is 0 Å². The minimum Gasteiger partial charge on any atom is -0.376 e. The van der Waals surface area contributed by atoms with Gasteiger partial charge >= 0.3 is 0 Å². The summed E-state index contributed by atoms with van der Waals surface area (Å²) in [5, 5.41) is 9.17. The quantitative estimate of drug-likeness (QED) is 0.663. The van der Waals surface area contributed by atoms with E-state index in [1.54, 1.807) is 16.4 Å². The van der Waals surface area contributed by atoms with Crippen LogP contribution in [0.5, 0.6) is 0 Å². The van der Waals surface area contributed by atoms with E-state index in [-0.39, 0.29) is 5.41 Å². The predicted molar refractivity (Wildman–Crippen MR) is 81.5 cm³/mol. The highest BCUT2D eigenvalue weighted by atomic mass is 32.2. The number of ether oxygens (including phenoxy) is 1. The minimum absolute atomic E-state index is 0.0831. The van der Waals surface area contributed by atoms with Gasteiger partial charge in [-0.05, 0) is 6.92 Å². The first-order valence-electron chi connectivity index (χ1n) is 7.05. The highest BCUT2D eigenvalue weighted by Crippen LogP contribution is 2.23. The van der Waals surface area contributed by atoms with Crippen molar-refractivity contribution in [2.75, 3.05) is 37.8 Å². The smallest absolute Gasteiger partial charge is 0.209 e. The number of thioether (sulfide) groups is 1. The van der Waals surface area contributed by atoms with E-state index in [1.165, 1.54) is 0 Å². The summed E-state index contributed by atoms with van der Waals surface area (Å²) in [6.07, 6.45) is 0.333. The lowest BCUT2D eigenvalue weighted by Gasteiger charge is -2.30. The van der Waals surface area contributed by atoms with E-state index in [1.807, 2.05) is 0 Å². The third-order valence-electron chi connectivity index (χ3n) is 3.30. The van der Waals surface area contributed by atoms with Crippen LogP contribution in [0.4, 0.5) is 0 Å². The van der Waals surface area contributed by atoms with Crippen LogP contribution in [0, 0.1) is 0 Å². The van der Waals surface area contributed by atoms with Gasteiger partial charge in [-0.15, -0.1) is 10.2 Å². The Morgan fingerprint density at radius 2 is 2.15 bits per heavy atom. The normalized spacial score (nSPS) is 21.3. The third kappa shape index (κ3) is 3.86. The Bertz CT molecular complexity index is 442. The van der Waals surface area contributed by atoms with Crippen molar-refractivity contribution in [3.8, 4) is 0 Å². The lowest BCUT2D eigenvalue weighted by atomic mass is 9.96. The molecule has 7 heteroatoms. The number of nitrogen functional groups attached to an aromatic ring is 1. The van der Waals surface area contributed by atoms with Crippen molar-refractivity contribution < 1.29 is 4.74 Å².